The van der Waals surface area contributed by atoms with Crippen LogP contribution in [0.4, 0.5) is 5.82 Å². The highest BCUT2D eigenvalue weighted by Crippen LogP contribution is 2.40. The Morgan fingerprint density at radius 3 is 2.89 bits per heavy atom. The van der Waals surface area contributed by atoms with Crippen molar-refractivity contribution in [1.82, 2.24) is 20.2 Å². The Balaban J connectivity index is 1.48. The van der Waals surface area contributed by atoms with Crippen LogP contribution in [-0.4, -0.2) is 52.1 Å². The molecule has 1 atom stereocenters. The molecule has 5 rings (SSSR count). The fourth-order valence-electron chi connectivity index (χ4n) is 3.59. The van der Waals surface area contributed by atoms with Gasteiger partial charge in [0.05, 0.1) is 17.3 Å². The zero-order valence-corrected chi connectivity index (χ0v) is 15.6. The topological polar surface area (TPSA) is 76.2 Å². The molecule has 0 radical (unpaired) electrons. The van der Waals surface area contributed by atoms with E-state index in [-0.39, 0.29) is 11.7 Å². The minimum Gasteiger partial charge on any atom is -0.488 e. The molecule has 2 aromatic heterocycles. The number of benzene rings is 1. The van der Waals surface area contributed by atoms with E-state index < -0.39 is 0 Å². The molecule has 3 heterocycles. The third-order valence-corrected chi connectivity index (χ3v) is 5.55. The number of anilines is 1. The molecule has 140 valence electrons. The molecule has 3 aromatic rings. The van der Waals surface area contributed by atoms with E-state index in [9.17, 15) is 0 Å². The van der Waals surface area contributed by atoms with Gasteiger partial charge in [-0.15, -0.1) is 0 Å². The molecule has 2 aliphatic rings. The van der Waals surface area contributed by atoms with Gasteiger partial charge in [0, 0.05) is 31.7 Å². The number of methoxy groups -OCH3 is 1. The molecule has 0 spiro atoms. The molecular weight excluding hydrogens is 342 g/mol. The maximum absolute atomic E-state index is 6.11. The first-order valence-corrected chi connectivity index (χ1v) is 9.41. The summed E-state index contributed by atoms with van der Waals surface area (Å²) in [5.41, 5.74) is 2.59. The second kappa shape index (κ2) is 6.20. The summed E-state index contributed by atoms with van der Waals surface area (Å²) in [4.78, 5) is 11.2. The van der Waals surface area contributed by atoms with Crippen LogP contribution in [0.3, 0.4) is 0 Å². The van der Waals surface area contributed by atoms with Gasteiger partial charge in [0.1, 0.15) is 29.2 Å². The van der Waals surface area contributed by atoms with E-state index in [4.69, 9.17) is 9.47 Å². The number of aromatic amines is 1. The van der Waals surface area contributed by atoms with Crippen LogP contribution in [0.2, 0.25) is 0 Å². The van der Waals surface area contributed by atoms with Crippen molar-refractivity contribution in [1.29, 1.82) is 0 Å². The number of H-pyrrole nitrogens is 1. The summed E-state index contributed by atoms with van der Waals surface area (Å²) in [6.07, 6.45) is 5.10. The van der Waals surface area contributed by atoms with E-state index in [0.717, 1.165) is 66.2 Å². The monoisotopic (exact) mass is 365 g/mol. The molecule has 2 fully saturated rings. The van der Waals surface area contributed by atoms with Crippen molar-refractivity contribution in [3.8, 4) is 17.1 Å². The number of nitrogens with zero attached hydrogens (tertiary/aromatic N) is 4. The Bertz CT molecular complexity index is 981. The molecule has 1 aliphatic heterocycles. The van der Waals surface area contributed by atoms with E-state index >= 15 is 0 Å². The Morgan fingerprint density at radius 1 is 1.22 bits per heavy atom. The van der Waals surface area contributed by atoms with Gasteiger partial charge in [0.2, 0.25) is 0 Å². The number of hydrogen-bond donors (Lipinski definition) is 1. The van der Waals surface area contributed by atoms with Crippen LogP contribution < -0.4 is 9.64 Å². The number of ether oxygens (including phenoxy) is 2. The predicted octanol–water partition coefficient (Wildman–Crippen LogP) is 3.18. The van der Waals surface area contributed by atoms with Gasteiger partial charge < -0.3 is 14.4 Å². The first-order valence-electron chi connectivity index (χ1n) is 9.41. The van der Waals surface area contributed by atoms with Gasteiger partial charge in [0.25, 0.3) is 0 Å². The summed E-state index contributed by atoms with van der Waals surface area (Å²) in [5.74, 6) is 1.79. The van der Waals surface area contributed by atoms with E-state index in [1.165, 1.54) is 0 Å². The van der Waals surface area contributed by atoms with Crippen molar-refractivity contribution in [3.05, 3.63) is 30.6 Å². The lowest BCUT2D eigenvalue weighted by Gasteiger charge is -2.17. The van der Waals surface area contributed by atoms with Crippen LogP contribution in [0, 0.1) is 0 Å². The van der Waals surface area contributed by atoms with Gasteiger partial charge in [0.15, 0.2) is 0 Å². The third kappa shape index (κ3) is 3.12. The predicted molar refractivity (Wildman–Crippen MR) is 103 cm³/mol. The number of aromatic nitrogens is 4. The third-order valence-electron chi connectivity index (χ3n) is 5.55. The van der Waals surface area contributed by atoms with Crippen LogP contribution in [0.15, 0.2) is 30.6 Å². The Labute approximate surface area is 157 Å². The Morgan fingerprint density at radius 2 is 2.11 bits per heavy atom. The van der Waals surface area contributed by atoms with Gasteiger partial charge >= 0.3 is 0 Å². The summed E-state index contributed by atoms with van der Waals surface area (Å²) in [5, 5.41) is 8.61. The van der Waals surface area contributed by atoms with Crippen molar-refractivity contribution >= 4 is 16.7 Å². The largest absolute Gasteiger partial charge is 0.488 e. The molecule has 1 saturated heterocycles. The molecule has 1 aliphatic carbocycles. The van der Waals surface area contributed by atoms with E-state index in [1.807, 2.05) is 18.2 Å². The van der Waals surface area contributed by atoms with Crippen molar-refractivity contribution in [2.75, 3.05) is 25.1 Å². The molecule has 7 nitrogen and oxygen atoms in total. The number of hydrogen-bond acceptors (Lipinski definition) is 6. The maximum atomic E-state index is 6.11. The minimum absolute atomic E-state index is 0.00664. The highest BCUT2D eigenvalue weighted by molar-refractivity contribution is 5.93. The van der Waals surface area contributed by atoms with Crippen molar-refractivity contribution in [2.24, 2.45) is 0 Å². The molecule has 1 aromatic carbocycles. The second-order valence-corrected chi connectivity index (χ2v) is 7.69. The summed E-state index contributed by atoms with van der Waals surface area (Å²) in [6, 6.07) is 8.06. The zero-order valence-electron chi connectivity index (χ0n) is 15.6. The van der Waals surface area contributed by atoms with Gasteiger partial charge in [-0.05, 0) is 44.4 Å². The lowest BCUT2D eigenvalue weighted by Crippen LogP contribution is -2.23. The molecular formula is C20H23N5O2. The summed E-state index contributed by atoms with van der Waals surface area (Å²) >= 11 is 0. The Hall–Kier alpha value is -2.67. The van der Waals surface area contributed by atoms with E-state index in [2.05, 4.69) is 38.1 Å². The minimum atomic E-state index is -0.00664. The summed E-state index contributed by atoms with van der Waals surface area (Å²) in [7, 11) is 1.76. The van der Waals surface area contributed by atoms with Crippen LogP contribution in [-0.2, 0) is 4.74 Å². The van der Waals surface area contributed by atoms with Gasteiger partial charge in [-0.1, -0.05) is 0 Å². The van der Waals surface area contributed by atoms with Crippen LogP contribution >= 0.6 is 0 Å². The lowest BCUT2D eigenvalue weighted by atomic mass is 10.1. The molecule has 0 bridgehead atoms. The standard InChI is InChI=1S/C20H23N5O2/c1-20(6-7-20)27-13-3-4-16-15(9-13)19(24-23-16)17-10-18(22-12-21-17)25-8-5-14(11-25)26-2/h3-4,9-10,12,14H,5-8,11H2,1-2H3,(H,23,24)/t14-/m1/s1. The molecule has 0 unspecified atom stereocenters. The number of nitrogens with one attached hydrogen (secondary N) is 1. The first kappa shape index (κ1) is 16.5. The summed E-state index contributed by atoms with van der Waals surface area (Å²) in [6.45, 7) is 3.94. The van der Waals surface area contributed by atoms with E-state index in [0.29, 0.717) is 0 Å². The van der Waals surface area contributed by atoms with Crippen LogP contribution in [0.1, 0.15) is 26.2 Å². The average Bonchev–Trinajstić information content (AvgIpc) is 3.11. The van der Waals surface area contributed by atoms with Gasteiger partial charge in [-0.25, -0.2) is 9.97 Å². The Kier molecular flexibility index (Phi) is 3.79. The summed E-state index contributed by atoms with van der Waals surface area (Å²) < 4.78 is 11.6. The maximum Gasteiger partial charge on any atom is 0.132 e. The quantitative estimate of drug-likeness (QED) is 0.748. The molecule has 7 heteroatoms. The fourth-order valence-corrected chi connectivity index (χ4v) is 3.59. The smallest absolute Gasteiger partial charge is 0.132 e. The van der Waals surface area contributed by atoms with Crippen LogP contribution in [0.5, 0.6) is 5.75 Å². The second-order valence-electron chi connectivity index (χ2n) is 7.69. The van der Waals surface area contributed by atoms with Crippen molar-refractivity contribution in [3.63, 3.8) is 0 Å². The fraction of sp³-hybridized carbons (Fsp3) is 0.450. The average molecular weight is 365 g/mol. The highest BCUT2D eigenvalue weighted by Gasteiger charge is 2.40. The highest BCUT2D eigenvalue weighted by atomic mass is 16.5. The number of fused-ring (bicyclic) bond motifs is 1. The van der Waals surface area contributed by atoms with Crippen molar-refractivity contribution in [2.45, 2.75) is 37.9 Å². The lowest BCUT2D eigenvalue weighted by molar-refractivity contribution is 0.121. The van der Waals surface area contributed by atoms with Crippen molar-refractivity contribution < 1.29 is 9.47 Å². The normalized spacial score (nSPS) is 21.0. The molecule has 0 amide bonds. The molecule has 1 N–H and O–H groups in total. The molecule has 1 saturated carbocycles. The van der Waals surface area contributed by atoms with Gasteiger partial charge in [-0.3, -0.25) is 5.10 Å². The zero-order chi connectivity index (χ0) is 18.4. The van der Waals surface area contributed by atoms with Gasteiger partial charge in [-0.2, -0.15) is 5.10 Å². The van der Waals surface area contributed by atoms with E-state index in [1.54, 1.807) is 13.4 Å². The SMILES string of the molecule is CO[C@@H]1CCN(c2cc(-c3n[nH]c4ccc(OC5(C)CC5)cc34)ncn2)C1. The first-order chi connectivity index (χ1) is 13.1. The van der Waals surface area contributed by atoms with Crippen LogP contribution in [0.25, 0.3) is 22.3 Å². The number of rotatable bonds is 5. The molecule has 27 heavy (non-hydrogen) atoms.